The number of hydrogen-bond donors (Lipinski definition) is 2. The molecule has 6 nitrogen and oxygen atoms in total. The summed E-state index contributed by atoms with van der Waals surface area (Å²) in [6, 6.07) is 14.4. The van der Waals surface area contributed by atoms with Crippen LogP contribution >= 0.6 is 22.7 Å². The molecule has 8 heteroatoms. The fraction of sp³-hybridized carbons (Fsp3) is 0.438. The lowest BCUT2D eigenvalue weighted by Crippen LogP contribution is -2.23. The minimum atomic E-state index is -0.802. The first kappa shape index (κ1) is 31.4. The van der Waals surface area contributed by atoms with Crippen molar-refractivity contribution >= 4 is 34.6 Å². The molecule has 0 radical (unpaired) electrons. The molecule has 0 fully saturated rings. The Morgan fingerprint density at radius 3 is 1.38 bits per heavy atom. The van der Waals surface area contributed by atoms with Crippen molar-refractivity contribution in [1.29, 1.82) is 0 Å². The van der Waals surface area contributed by atoms with Gasteiger partial charge >= 0.3 is 11.9 Å². The lowest BCUT2D eigenvalue weighted by Gasteiger charge is -2.18. The number of carboxylic acids is 2. The zero-order valence-corrected chi connectivity index (χ0v) is 25.3. The average Bonchev–Trinajstić information content (AvgIpc) is 2.88. The van der Waals surface area contributed by atoms with Gasteiger partial charge in [0.1, 0.15) is 0 Å². The summed E-state index contributed by atoms with van der Waals surface area (Å²) >= 11 is 3.11. The van der Waals surface area contributed by atoms with Gasteiger partial charge in [0.25, 0.3) is 0 Å². The van der Waals surface area contributed by atoms with E-state index in [1.54, 1.807) is 74.6 Å². The third kappa shape index (κ3) is 8.70. The van der Waals surface area contributed by atoms with Crippen molar-refractivity contribution < 1.29 is 19.8 Å². The number of hydrogen-bond acceptors (Lipinski definition) is 6. The molecule has 40 heavy (non-hydrogen) atoms. The molecule has 0 atom stereocenters. The quantitative estimate of drug-likeness (QED) is 0.190. The Morgan fingerprint density at radius 1 is 0.650 bits per heavy atom. The van der Waals surface area contributed by atoms with E-state index < -0.39 is 22.8 Å². The Bertz CT molecular complexity index is 1350. The zero-order chi connectivity index (χ0) is 29.5. The third-order valence-corrected chi connectivity index (χ3v) is 9.48. The van der Waals surface area contributed by atoms with Crippen LogP contribution in [0, 0.1) is 10.8 Å². The molecule has 0 spiro atoms. The summed E-state index contributed by atoms with van der Waals surface area (Å²) in [6.45, 7) is 6.92. The number of aryl methyl sites for hydroxylation is 2. The molecular formula is C32H38O6S2. The maximum absolute atomic E-state index is 12.6. The van der Waals surface area contributed by atoms with E-state index in [1.165, 1.54) is 0 Å². The Balaban J connectivity index is 1.79. The average molecular weight is 583 g/mol. The predicted octanol–water partition coefficient (Wildman–Crippen LogP) is 7.51. The SMILES string of the molecule is CC(C)(CCCCc1cc(=O)cc(-c2ccccc2-c2cc(=O)cc(CCCCC(C)(C)C(=O)O)s2)s1)C(=O)O. The van der Waals surface area contributed by atoms with Crippen LogP contribution in [-0.4, -0.2) is 22.2 Å². The van der Waals surface area contributed by atoms with Gasteiger partial charge in [0.15, 0.2) is 10.9 Å². The van der Waals surface area contributed by atoms with Crippen LogP contribution in [0.2, 0.25) is 0 Å². The second-order valence-corrected chi connectivity index (χ2v) is 13.9. The molecule has 0 aliphatic heterocycles. The highest BCUT2D eigenvalue weighted by Gasteiger charge is 2.27. The van der Waals surface area contributed by atoms with Crippen LogP contribution < -0.4 is 10.9 Å². The van der Waals surface area contributed by atoms with Crippen LogP contribution in [0.4, 0.5) is 0 Å². The second kappa shape index (κ2) is 13.5. The first-order valence-electron chi connectivity index (χ1n) is 13.6. The largest absolute Gasteiger partial charge is 0.481 e. The van der Waals surface area contributed by atoms with Crippen LogP contribution in [0.25, 0.3) is 20.9 Å². The lowest BCUT2D eigenvalue weighted by molar-refractivity contribution is -0.148. The monoisotopic (exact) mass is 582 g/mol. The van der Waals surface area contributed by atoms with Gasteiger partial charge < -0.3 is 10.2 Å². The highest BCUT2D eigenvalue weighted by Crippen LogP contribution is 2.37. The number of carbonyl (C=O) groups is 2. The number of benzene rings is 1. The first-order valence-corrected chi connectivity index (χ1v) is 15.3. The highest BCUT2D eigenvalue weighted by atomic mass is 32.1. The molecule has 214 valence electrons. The van der Waals surface area contributed by atoms with E-state index >= 15 is 0 Å². The fourth-order valence-electron chi connectivity index (χ4n) is 4.43. The molecule has 0 aliphatic rings. The summed E-state index contributed by atoms with van der Waals surface area (Å²) in [5.41, 5.74) is 0.119. The molecule has 0 saturated carbocycles. The van der Waals surface area contributed by atoms with Crippen molar-refractivity contribution in [3.05, 3.63) is 78.7 Å². The number of carboxylic acid groups (broad SMARTS) is 2. The van der Waals surface area contributed by atoms with E-state index in [-0.39, 0.29) is 10.9 Å². The molecule has 3 aromatic rings. The maximum Gasteiger partial charge on any atom is 0.309 e. The van der Waals surface area contributed by atoms with Gasteiger partial charge in [-0.25, -0.2) is 0 Å². The molecule has 0 amide bonds. The Kier molecular flexibility index (Phi) is 10.6. The summed E-state index contributed by atoms with van der Waals surface area (Å²) in [5.74, 6) is -1.60. The van der Waals surface area contributed by atoms with Crippen LogP contribution in [0.5, 0.6) is 0 Å². The van der Waals surface area contributed by atoms with Gasteiger partial charge in [0, 0.05) is 42.8 Å². The van der Waals surface area contributed by atoms with Crippen molar-refractivity contribution in [1.82, 2.24) is 0 Å². The molecule has 2 N–H and O–H groups in total. The molecule has 3 rings (SSSR count). The van der Waals surface area contributed by atoms with Gasteiger partial charge in [0.2, 0.25) is 0 Å². The van der Waals surface area contributed by atoms with Gasteiger partial charge in [-0.05, 0) is 78.4 Å². The van der Waals surface area contributed by atoms with E-state index in [0.717, 1.165) is 56.3 Å². The summed E-state index contributed by atoms with van der Waals surface area (Å²) in [4.78, 5) is 51.6. The standard InChI is InChI=1S/C32H38O6S2/c1-31(2,29(35)36)15-9-7-11-23-17-21(33)19-27(39-23)25-13-5-6-14-26(25)28-20-22(34)18-24(40-28)12-8-10-16-32(3,4)30(37)38/h5-6,13-14,17-20H,7-12,15-16H2,1-4H3,(H,35,36)(H,37,38). The van der Waals surface area contributed by atoms with Crippen LogP contribution in [-0.2, 0) is 22.4 Å². The zero-order valence-electron chi connectivity index (χ0n) is 23.6. The van der Waals surface area contributed by atoms with E-state index in [4.69, 9.17) is 0 Å². The number of aliphatic carboxylic acids is 2. The van der Waals surface area contributed by atoms with Crippen molar-refractivity contribution in [3.8, 4) is 20.9 Å². The van der Waals surface area contributed by atoms with Gasteiger partial charge in [0.05, 0.1) is 10.8 Å². The van der Waals surface area contributed by atoms with Gasteiger partial charge in [-0.15, -0.1) is 22.7 Å². The van der Waals surface area contributed by atoms with Crippen molar-refractivity contribution in [3.63, 3.8) is 0 Å². The fourth-order valence-corrected chi connectivity index (χ4v) is 6.76. The minimum absolute atomic E-state index is 0.0735. The van der Waals surface area contributed by atoms with Crippen molar-refractivity contribution in [2.45, 2.75) is 79.1 Å². The highest BCUT2D eigenvalue weighted by molar-refractivity contribution is 7.16. The first-order chi connectivity index (χ1) is 18.8. The number of unbranched alkanes of at least 4 members (excludes halogenated alkanes) is 2. The van der Waals surface area contributed by atoms with E-state index in [9.17, 15) is 29.4 Å². The topological polar surface area (TPSA) is 109 Å². The maximum atomic E-state index is 12.6. The van der Waals surface area contributed by atoms with Gasteiger partial charge in [-0.2, -0.15) is 0 Å². The van der Waals surface area contributed by atoms with E-state index in [0.29, 0.717) is 25.7 Å². The Morgan fingerprint density at radius 2 is 1.02 bits per heavy atom. The molecule has 0 saturated heterocycles. The smallest absolute Gasteiger partial charge is 0.309 e. The molecule has 2 heterocycles. The second-order valence-electron chi connectivity index (χ2n) is 11.6. The van der Waals surface area contributed by atoms with Gasteiger partial charge in [-0.1, -0.05) is 37.1 Å². The third-order valence-electron chi connectivity index (χ3n) is 7.20. The van der Waals surface area contributed by atoms with Crippen molar-refractivity contribution in [2.75, 3.05) is 0 Å². The normalized spacial score (nSPS) is 11.9. The summed E-state index contributed by atoms with van der Waals surface area (Å²) in [7, 11) is 0. The molecular weight excluding hydrogens is 544 g/mol. The predicted molar refractivity (Wildman–Crippen MR) is 164 cm³/mol. The molecule has 0 bridgehead atoms. The molecule has 2 aromatic heterocycles. The Labute approximate surface area is 243 Å². The van der Waals surface area contributed by atoms with E-state index in [2.05, 4.69) is 0 Å². The summed E-state index contributed by atoms with van der Waals surface area (Å²) in [6.07, 6.45) is 5.67. The molecule has 0 aliphatic carbocycles. The summed E-state index contributed by atoms with van der Waals surface area (Å²) < 4.78 is 0. The van der Waals surface area contributed by atoms with Crippen LogP contribution in [0.15, 0.2) is 58.1 Å². The number of rotatable bonds is 14. The van der Waals surface area contributed by atoms with Crippen LogP contribution in [0.3, 0.4) is 0 Å². The van der Waals surface area contributed by atoms with Crippen molar-refractivity contribution in [2.24, 2.45) is 10.8 Å². The molecule has 1 aromatic carbocycles. The Hall–Kier alpha value is -3.10. The minimum Gasteiger partial charge on any atom is -0.481 e. The lowest BCUT2D eigenvalue weighted by atomic mass is 9.87. The summed E-state index contributed by atoms with van der Waals surface area (Å²) in [5, 5.41) is 18.7. The van der Waals surface area contributed by atoms with E-state index in [1.807, 2.05) is 24.3 Å². The van der Waals surface area contributed by atoms with Crippen LogP contribution in [0.1, 0.15) is 76.0 Å². The van der Waals surface area contributed by atoms with Gasteiger partial charge in [-0.3, -0.25) is 19.2 Å². The molecule has 0 unspecified atom stereocenters.